The van der Waals surface area contributed by atoms with Gasteiger partial charge in [-0.2, -0.15) is 0 Å². The fourth-order valence-corrected chi connectivity index (χ4v) is 7.64. The summed E-state index contributed by atoms with van der Waals surface area (Å²) in [6, 6.07) is 18.6. The van der Waals surface area contributed by atoms with Crippen molar-refractivity contribution in [2.75, 3.05) is 0 Å². The fourth-order valence-electron chi connectivity index (χ4n) is 7.64. The first-order valence-corrected chi connectivity index (χ1v) is 15.4. The van der Waals surface area contributed by atoms with E-state index in [1.165, 1.54) is 86.5 Å². The molecule has 0 heteroatoms. The highest BCUT2D eigenvalue weighted by atomic mass is 14.4. The first kappa shape index (κ1) is 25.4. The molecule has 0 N–H and O–H groups in total. The average molecular weight is 501 g/mol. The van der Waals surface area contributed by atoms with Crippen LogP contribution >= 0.6 is 0 Å². The lowest BCUT2D eigenvalue weighted by Crippen LogP contribution is -2.26. The summed E-state index contributed by atoms with van der Waals surface area (Å²) in [5, 5.41) is 0. The van der Waals surface area contributed by atoms with Crippen LogP contribution < -0.4 is 0 Å². The third kappa shape index (κ3) is 5.47. The molecule has 0 aliphatic heterocycles. The van der Waals surface area contributed by atoms with Crippen LogP contribution in [-0.4, -0.2) is 0 Å². The minimum atomic E-state index is 0.534. The van der Waals surface area contributed by atoms with E-state index in [0.717, 1.165) is 12.3 Å². The Morgan fingerprint density at radius 1 is 0.737 bits per heavy atom. The Hall–Kier alpha value is -2.86. The highest BCUT2D eigenvalue weighted by Gasteiger charge is 2.34. The van der Waals surface area contributed by atoms with Crippen molar-refractivity contribution in [3.05, 3.63) is 113 Å². The summed E-state index contributed by atoms with van der Waals surface area (Å²) < 4.78 is 0. The number of allylic oxidation sites excluding steroid dienone is 10. The summed E-state index contributed by atoms with van der Waals surface area (Å²) in [5.41, 5.74) is 10.6. The van der Waals surface area contributed by atoms with Gasteiger partial charge in [-0.05, 0) is 109 Å². The van der Waals surface area contributed by atoms with E-state index in [-0.39, 0.29) is 0 Å². The molecule has 0 amide bonds. The molecule has 0 heterocycles. The third-order valence-corrected chi connectivity index (χ3v) is 9.66. The second kappa shape index (κ2) is 11.9. The first-order valence-electron chi connectivity index (χ1n) is 15.4. The third-order valence-electron chi connectivity index (χ3n) is 9.66. The molecule has 196 valence electrons. The van der Waals surface area contributed by atoms with Gasteiger partial charge in [0, 0.05) is 5.92 Å². The monoisotopic (exact) mass is 500 g/mol. The minimum absolute atomic E-state index is 0.534. The van der Waals surface area contributed by atoms with Crippen molar-refractivity contribution in [2.45, 2.75) is 77.6 Å². The molecule has 2 aromatic carbocycles. The van der Waals surface area contributed by atoms with Crippen molar-refractivity contribution >= 4 is 5.57 Å². The number of fused-ring (bicyclic) bond motifs is 1. The summed E-state index contributed by atoms with van der Waals surface area (Å²) >= 11 is 0. The van der Waals surface area contributed by atoms with Crippen LogP contribution in [0.2, 0.25) is 0 Å². The number of benzene rings is 2. The summed E-state index contributed by atoms with van der Waals surface area (Å²) in [4.78, 5) is 0. The molecular formula is C38H44. The van der Waals surface area contributed by atoms with Gasteiger partial charge >= 0.3 is 0 Å². The molecular weight excluding hydrogens is 456 g/mol. The zero-order chi connectivity index (χ0) is 25.7. The van der Waals surface area contributed by atoms with E-state index in [2.05, 4.69) is 98.0 Å². The quantitative estimate of drug-likeness (QED) is 0.370. The molecule has 1 fully saturated rings. The molecule has 4 aliphatic carbocycles. The van der Waals surface area contributed by atoms with Crippen LogP contribution in [0.1, 0.15) is 82.3 Å². The van der Waals surface area contributed by atoms with Gasteiger partial charge < -0.3 is 0 Å². The zero-order valence-electron chi connectivity index (χ0n) is 23.2. The zero-order valence-corrected chi connectivity index (χ0v) is 23.2. The summed E-state index contributed by atoms with van der Waals surface area (Å²) in [5.74, 6) is 2.69. The first-order chi connectivity index (χ1) is 18.8. The van der Waals surface area contributed by atoms with Gasteiger partial charge in [0.15, 0.2) is 0 Å². The van der Waals surface area contributed by atoms with Gasteiger partial charge in [0.05, 0.1) is 0 Å². The number of rotatable bonds is 6. The van der Waals surface area contributed by atoms with E-state index >= 15 is 0 Å². The van der Waals surface area contributed by atoms with Crippen LogP contribution in [-0.2, 0) is 6.42 Å². The Balaban J connectivity index is 1.33. The number of hydrogen-bond donors (Lipinski definition) is 0. The Labute approximate surface area is 231 Å². The predicted molar refractivity (Wildman–Crippen MR) is 164 cm³/mol. The van der Waals surface area contributed by atoms with Crippen molar-refractivity contribution in [1.82, 2.24) is 0 Å². The molecule has 0 nitrogen and oxygen atoms in total. The van der Waals surface area contributed by atoms with Crippen molar-refractivity contribution in [1.29, 1.82) is 0 Å². The van der Waals surface area contributed by atoms with E-state index in [9.17, 15) is 0 Å². The Bertz CT molecular complexity index is 1240. The molecule has 0 spiro atoms. The van der Waals surface area contributed by atoms with Crippen LogP contribution in [0.5, 0.6) is 0 Å². The molecule has 38 heavy (non-hydrogen) atoms. The molecule has 0 radical (unpaired) electrons. The van der Waals surface area contributed by atoms with E-state index in [0.29, 0.717) is 17.8 Å². The summed E-state index contributed by atoms with van der Waals surface area (Å²) in [6.07, 6.45) is 31.3. The lowest BCUT2D eigenvalue weighted by Gasteiger charge is -2.37. The van der Waals surface area contributed by atoms with Crippen molar-refractivity contribution in [3.63, 3.8) is 0 Å². The molecule has 4 aliphatic rings. The molecule has 6 rings (SSSR count). The smallest absolute Gasteiger partial charge is 0.00575 e. The topological polar surface area (TPSA) is 0 Å². The van der Waals surface area contributed by atoms with Gasteiger partial charge in [-0.25, -0.2) is 0 Å². The second-order valence-corrected chi connectivity index (χ2v) is 12.1. The summed E-state index contributed by atoms with van der Waals surface area (Å²) in [6.45, 7) is 2.25. The van der Waals surface area contributed by atoms with Crippen LogP contribution in [0.25, 0.3) is 16.7 Å². The second-order valence-electron chi connectivity index (χ2n) is 12.1. The Morgan fingerprint density at radius 3 is 2.29 bits per heavy atom. The molecule has 4 atom stereocenters. The maximum Gasteiger partial charge on any atom is 0.00575 e. The van der Waals surface area contributed by atoms with Crippen LogP contribution in [0.15, 0.2) is 102 Å². The molecule has 0 aromatic heterocycles. The Morgan fingerprint density at radius 2 is 1.53 bits per heavy atom. The van der Waals surface area contributed by atoms with Crippen molar-refractivity contribution < 1.29 is 0 Å². The lowest BCUT2D eigenvalue weighted by atomic mass is 9.68. The average Bonchev–Trinajstić information content (AvgIpc) is 3.21. The molecule has 0 bridgehead atoms. The lowest BCUT2D eigenvalue weighted by molar-refractivity contribution is 0.308. The van der Waals surface area contributed by atoms with Gasteiger partial charge in [-0.3, -0.25) is 0 Å². The van der Waals surface area contributed by atoms with Crippen LogP contribution in [0.4, 0.5) is 0 Å². The molecule has 0 saturated heterocycles. The maximum absolute atomic E-state index is 2.72. The number of hydrogen-bond acceptors (Lipinski definition) is 0. The van der Waals surface area contributed by atoms with Gasteiger partial charge in [-0.1, -0.05) is 116 Å². The summed E-state index contributed by atoms with van der Waals surface area (Å²) in [7, 11) is 0. The van der Waals surface area contributed by atoms with E-state index in [1.54, 1.807) is 11.1 Å². The van der Waals surface area contributed by atoms with Crippen molar-refractivity contribution in [2.24, 2.45) is 23.7 Å². The highest BCUT2D eigenvalue weighted by Crippen LogP contribution is 2.47. The van der Waals surface area contributed by atoms with Crippen LogP contribution in [0, 0.1) is 23.7 Å². The Kier molecular flexibility index (Phi) is 7.96. The normalized spacial score (nSPS) is 27.1. The number of aryl methyl sites for hydroxylation is 1. The molecule has 2 aromatic rings. The maximum atomic E-state index is 2.72. The van der Waals surface area contributed by atoms with E-state index in [4.69, 9.17) is 0 Å². The molecule has 1 saturated carbocycles. The van der Waals surface area contributed by atoms with Crippen molar-refractivity contribution in [3.8, 4) is 11.1 Å². The highest BCUT2D eigenvalue weighted by molar-refractivity contribution is 5.71. The predicted octanol–water partition coefficient (Wildman–Crippen LogP) is 10.7. The van der Waals surface area contributed by atoms with Crippen LogP contribution in [0.3, 0.4) is 0 Å². The van der Waals surface area contributed by atoms with Gasteiger partial charge in [0.2, 0.25) is 0 Å². The van der Waals surface area contributed by atoms with E-state index < -0.39 is 0 Å². The largest absolute Gasteiger partial charge is 0.0840 e. The standard InChI is InChI=1S/C38H44/c1-2-10-28-19-21-29(22-20-28)30-23-25-31(26-24-30)34-15-9-17-36(32-11-4-3-5-12-32)38(27-34)37-18-8-14-33-13-6-7-16-35(33)37/h3-5,8,11,18-27,32-33,36,38H,2,6-7,9-10,12-17H2,1H3. The van der Waals surface area contributed by atoms with E-state index in [1.807, 2.05) is 5.57 Å². The minimum Gasteiger partial charge on any atom is -0.0840 e. The van der Waals surface area contributed by atoms with Gasteiger partial charge in [0.25, 0.3) is 0 Å². The van der Waals surface area contributed by atoms with Gasteiger partial charge in [-0.15, -0.1) is 0 Å². The fraction of sp³-hybridized carbons (Fsp3) is 0.421. The molecule has 4 unspecified atom stereocenters. The SMILES string of the molecule is CCCc1ccc(-c2ccc(C3=CC(C4=C5CCCCC5CC=C4)C(C4C=CC=CC4)CCC3)cc2)cc1. The van der Waals surface area contributed by atoms with Gasteiger partial charge in [0.1, 0.15) is 0 Å².